The fraction of sp³-hybridized carbons (Fsp3) is 0.500. The summed E-state index contributed by atoms with van der Waals surface area (Å²) in [6.45, 7) is 9.90. The summed E-state index contributed by atoms with van der Waals surface area (Å²) < 4.78 is 22.0. The van der Waals surface area contributed by atoms with Gasteiger partial charge in [-0.3, -0.25) is 4.79 Å². The summed E-state index contributed by atoms with van der Waals surface area (Å²) in [6.07, 6.45) is 4.88. The van der Waals surface area contributed by atoms with Crippen LogP contribution in [-0.4, -0.2) is 53.2 Å². The molecule has 1 fully saturated rings. The highest BCUT2D eigenvalue weighted by Gasteiger charge is 2.52. The number of aliphatic hydroxyl groups is 1. The van der Waals surface area contributed by atoms with E-state index in [1.165, 1.54) is 19.1 Å². The van der Waals surface area contributed by atoms with E-state index in [-0.39, 0.29) is 24.2 Å². The van der Waals surface area contributed by atoms with Crippen molar-refractivity contribution in [3.8, 4) is 0 Å². The lowest BCUT2D eigenvalue weighted by Gasteiger charge is -2.33. The molecule has 0 amide bonds. The van der Waals surface area contributed by atoms with Crippen LogP contribution in [0.15, 0.2) is 47.6 Å². The average molecular weight is 418 g/mol. The fourth-order valence-electron chi connectivity index (χ4n) is 3.87. The molecule has 0 aromatic carbocycles. The number of rotatable bonds is 4. The lowest BCUT2D eigenvalue weighted by Crippen LogP contribution is -2.41. The molecule has 30 heavy (non-hydrogen) atoms. The van der Waals surface area contributed by atoms with Gasteiger partial charge in [0.1, 0.15) is 18.8 Å². The molecule has 0 radical (unpaired) electrons. The Kier molecular flexibility index (Phi) is 5.75. The monoisotopic (exact) mass is 418 g/mol. The summed E-state index contributed by atoms with van der Waals surface area (Å²) >= 11 is 0. The van der Waals surface area contributed by atoms with Gasteiger partial charge in [-0.2, -0.15) is 0 Å². The summed E-state index contributed by atoms with van der Waals surface area (Å²) in [4.78, 5) is 36.1. The van der Waals surface area contributed by atoms with Gasteiger partial charge in [-0.25, -0.2) is 9.59 Å². The predicted molar refractivity (Wildman–Crippen MR) is 105 cm³/mol. The second kappa shape index (κ2) is 7.85. The topological polar surface area (TPSA) is 108 Å². The predicted octanol–water partition coefficient (Wildman–Crippen LogP) is 1.89. The Bertz CT molecular complexity index is 882. The molecule has 5 atom stereocenters. The van der Waals surface area contributed by atoms with Crippen LogP contribution in [0.25, 0.3) is 0 Å². The molecule has 8 nitrogen and oxygen atoms in total. The second-order valence-corrected chi connectivity index (χ2v) is 7.96. The number of allylic oxidation sites excluding steroid dienone is 1. The van der Waals surface area contributed by atoms with E-state index in [4.69, 9.17) is 18.9 Å². The number of carbonyl (C=O) groups excluding carboxylic acids is 3. The first-order valence-electron chi connectivity index (χ1n) is 9.69. The number of hydrogen-bond acceptors (Lipinski definition) is 8. The van der Waals surface area contributed by atoms with Crippen LogP contribution in [0.2, 0.25) is 0 Å². The molecule has 3 heterocycles. The molecule has 3 rings (SSSR count). The van der Waals surface area contributed by atoms with Gasteiger partial charge in [0.15, 0.2) is 0 Å². The van der Waals surface area contributed by atoms with Gasteiger partial charge in [-0.05, 0) is 38.5 Å². The number of carbonyl (C=O) groups is 3. The van der Waals surface area contributed by atoms with E-state index in [9.17, 15) is 19.5 Å². The third-order valence-corrected chi connectivity index (χ3v) is 5.60. The number of hydrogen-bond donors (Lipinski definition) is 1. The second-order valence-electron chi connectivity index (χ2n) is 7.96. The van der Waals surface area contributed by atoms with Gasteiger partial charge in [0.2, 0.25) is 5.79 Å². The van der Waals surface area contributed by atoms with E-state index in [1.54, 1.807) is 32.9 Å². The van der Waals surface area contributed by atoms with Crippen molar-refractivity contribution < 1.29 is 38.4 Å². The smallest absolute Gasteiger partial charge is 0.337 e. The molecule has 3 aliphatic rings. The van der Waals surface area contributed by atoms with E-state index in [0.29, 0.717) is 5.57 Å². The zero-order chi connectivity index (χ0) is 22.3. The van der Waals surface area contributed by atoms with E-state index >= 15 is 0 Å². The van der Waals surface area contributed by atoms with E-state index in [2.05, 4.69) is 6.58 Å². The molecular formula is C22H26O8. The van der Waals surface area contributed by atoms with Crippen molar-refractivity contribution in [1.82, 2.24) is 0 Å². The van der Waals surface area contributed by atoms with Crippen LogP contribution in [0, 0.1) is 5.92 Å². The van der Waals surface area contributed by atoms with Crippen LogP contribution >= 0.6 is 0 Å². The number of esters is 3. The van der Waals surface area contributed by atoms with Crippen LogP contribution in [0.4, 0.5) is 0 Å². The van der Waals surface area contributed by atoms with Crippen molar-refractivity contribution in [2.75, 3.05) is 6.61 Å². The third kappa shape index (κ3) is 4.11. The van der Waals surface area contributed by atoms with E-state index < -0.39 is 47.4 Å². The highest BCUT2D eigenvalue weighted by Crippen LogP contribution is 2.44. The lowest BCUT2D eigenvalue weighted by atomic mass is 9.83. The normalized spacial score (nSPS) is 37.3. The molecule has 3 aliphatic heterocycles. The largest absolute Gasteiger partial charge is 0.461 e. The first-order valence-corrected chi connectivity index (χ1v) is 9.69. The molecular weight excluding hydrogens is 392 g/mol. The summed E-state index contributed by atoms with van der Waals surface area (Å²) in [5, 5.41) is 10.8. The average Bonchev–Trinajstić information content (AvgIpc) is 3.11. The molecule has 8 heteroatoms. The molecule has 0 saturated carbocycles. The summed E-state index contributed by atoms with van der Waals surface area (Å²) in [5.74, 6) is -4.08. The van der Waals surface area contributed by atoms with Gasteiger partial charge in [0.05, 0.1) is 17.1 Å². The van der Waals surface area contributed by atoms with Crippen molar-refractivity contribution >= 4 is 17.9 Å². The molecule has 162 valence electrons. The first-order chi connectivity index (χ1) is 14.0. The Hall–Kier alpha value is -2.71. The zero-order valence-corrected chi connectivity index (χ0v) is 17.5. The zero-order valence-electron chi connectivity index (χ0n) is 17.5. The van der Waals surface area contributed by atoms with E-state index in [1.807, 2.05) is 0 Å². The highest BCUT2D eigenvalue weighted by atomic mass is 16.6. The molecule has 0 aromatic heterocycles. The highest BCUT2D eigenvalue weighted by molar-refractivity contribution is 5.92. The van der Waals surface area contributed by atoms with Gasteiger partial charge in [0.25, 0.3) is 0 Å². The Morgan fingerprint density at radius 3 is 2.73 bits per heavy atom. The summed E-state index contributed by atoms with van der Waals surface area (Å²) in [6, 6.07) is 0. The maximum atomic E-state index is 12.8. The van der Waals surface area contributed by atoms with Crippen LogP contribution < -0.4 is 0 Å². The SMILES string of the molecule is C=C1C(=O)OC2/C=C(/C)C3(O)C=CC(C)(CC(OC(=O)/C(=C/C)COC(C)=O)C12)O3. The molecule has 0 spiro atoms. The molecule has 1 saturated heterocycles. The number of ether oxygens (including phenoxy) is 4. The molecule has 2 bridgehead atoms. The summed E-state index contributed by atoms with van der Waals surface area (Å²) in [5.41, 5.74) is -0.160. The standard InChI is InChI=1S/C22H26O8/c1-6-15(11-27-14(4)23)20(25)29-17-10-21(5)7-8-22(26,30-21)12(2)9-16-18(17)13(3)19(24)28-16/h6-9,16-18,26H,3,10-11H2,1-2,4-5H3/b12-9-,15-6+. The molecule has 1 N–H and O–H groups in total. The summed E-state index contributed by atoms with van der Waals surface area (Å²) in [7, 11) is 0. The fourth-order valence-corrected chi connectivity index (χ4v) is 3.87. The van der Waals surface area contributed by atoms with Crippen molar-refractivity contribution in [2.45, 2.75) is 57.7 Å². The Balaban J connectivity index is 1.94. The minimum absolute atomic E-state index is 0.153. The van der Waals surface area contributed by atoms with Crippen LogP contribution in [0.3, 0.4) is 0 Å². The quantitative estimate of drug-likeness (QED) is 0.319. The lowest BCUT2D eigenvalue weighted by molar-refractivity contribution is -0.188. The Morgan fingerprint density at radius 2 is 2.10 bits per heavy atom. The van der Waals surface area contributed by atoms with Gasteiger partial charge < -0.3 is 24.1 Å². The van der Waals surface area contributed by atoms with Crippen LogP contribution in [0.5, 0.6) is 0 Å². The maximum absolute atomic E-state index is 12.8. The third-order valence-electron chi connectivity index (χ3n) is 5.60. The van der Waals surface area contributed by atoms with E-state index in [0.717, 1.165) is 0 Å². The molecule has 0 aliphatic carbocycles. The van der Waals surface area contributed by atoms with Crippen LogP contribution in [-0.2, 0) is 33.3 Å². The van der Waals surface area contributed by atoms with Crippen molar-refractivity contribution in [2.24, 2.45) is 5.92 Å². The number of fused-ring (bicyclic) bond motifs is 3. The van der Waals surface area contributed by atoms with Crippen molar-refractivity contribution in [1.29, 1.82) is 0 Å². The molecule has 5 unspecified atom stereocenters. The Morgan fingerprint density at radius 1 is 1.40 bits per heavy atom. The Labute approximate surface area is 174 Å². The maximum Gasteiger partial charge on any atom is 0.337 e. The first kappa shape index (κ1) is 22.0. The van der Waals surface area contributed by atoms with Gasteiger partial charge in [0, 0.05) is 18.9 Å². The van der Waals surface area contributed by atoms with Crippen molar-refractivity contribution in [3.05, 3.63) is 47.6 Å². The molecule has 0 aromatic rings. The van der Waals surface area contributed by atoms with Gasteiger partial charge in [-0.15, -0.1) is 0 Å². The van der Waals surface area contributed by atoms with Gasteiger partial charge in [-0.1, -0.05) is 18.7 Å². The van der Waals surface area contributed by atoms with Crippen molar-refractivity contribution in [3.63, 3.8) is 0 Å². The van der Waals surface area contributed by atoms with Crippen LogP contribution in [0.1, 0.15) is 34.1 Å². The van der Waals surface area contributed by atoms with Gasteiger partial charge >= 0.3 is 17.9 Å². The minimum Gasteiger partial charge on any atom is -0.461 e. The minimum atomic E-state index is -1.64.